The fourth-order valence-corrected chi connectivity index (χ4v) is 1.83. The van der Waals surface area contributed by atoms with Gasteiger partial charge in [-0.15, -0.1) is 0 Å². The lowest BCUT2D eigenvalue weighted by atomic mass is 10.2. The number of ether oxygens (including phenoxy) is 1. The van der Waals surface area contributed by atoms with Gasteiger partial charge in [-0.05, 0) is 12.1 Å². The summed E-state index contributed by atoms with van der Waals surface area (Å²) in [6.45, 7) is 1.49. The van der Waals surface area contributed by atoms with E-state index < -0.39 is 4.92 Å². The Balaban J connectivity index is 2.13. The highest BCUT2D eigenvalue weighted by atomic mass is 16.6. The number of benzene rings is 1. The third kappa shape index (κ3) is 2.66. The first-order chi connectivity index (χ1) is 8.72. The Morgan fingerprint density at radius 3 is 2.89 bits per heavy atom. The second kappa shape index (κ2) is 5.61. The number of nitrogens with zero attached hydrogens (tertiary/aromatic N) is 2. The molecule has 1 aromatic heterocycles. The van der Waals surface area contributed by atoms with E-state index in [4.69, 9.17) is 9.84 Å². The number of non-ortho nitro benzene ring substituents is 1. The average molecular weight is 250 g/mol. The molecule has 6 heteroatoms. The van der Waals surface area contributed by atoms with Crippen molar-refractivity contribution in [2.45, 2.75) is 6.54 Å². The maximum atomic E-state index is 10.7. The molecule has 0 spiro atoms. The van der Waals surface area contributed by atoms with Crippen LogP contribution in [0, 0.1) is 10.1 Å². The van der Waals surface area contributed by atoms with Crippen molar-refractivity contribution in [2.75, 3.05) is 19.8 Å². The van der Waals surface area contributed by atoms with E-state index >= 15 is 0 Å². The number of hydrogen-bond donors (Lipinski definition) is 1. The van der Waals surface area contributed by atoms with E-state index in [-0.39, 0.29) is 12.3 Å². The first-order valence-electron chi connectivity index (χ1n) is 5.64. The molecule has 0 saturated carbocycles. The van der Waals surface area contributed by atoms with E-state index in [9.17, 15) is 10.1 Å². The van der Waals surface area contributed by atoms with E-state index in [0.29, 0.717) is 19.8 Å². The Hall–Kier alpha value is -1.92. The highest BCUT2D eigenvalue weighted by molar-refractivity contribution is 5.82. The number of nitro benzene ring substituents is 1. The second-order valence-corrected chi connectivity index (χ2v) is 3.85. The fraction of sp³-hybridized carbons (Fsp3) is 0.333. The fourth-order valence-electron chi connectivity index (χ4n) is 1.83. The number of aliphatic hydroxyl groups excluding tert-OH is 1. The van der Waals surface area contributed by atoms with Crippen LogP contribution in [0.1, 0.15) is 0 Å². The van der Waals surface area contributed by atoms with Crippen LogP contribution in [-0.2, 0) is 11.3 Å². The van der Waals surface area contributed by atoms with Gasteiger partial charge in [0.2, 0.25) is 0 Å². The molecule has 0 aliphatic carbocycles. The number of aromatic nitrogens is 1. The van der Waals surface area contributed by atoms with Crippen molar-refractivity contribution in [3.05, 3.63) is 40.6 Å². The van der Waals surface area contributed by atoms with Crippen molar-refractivity contribution in [2.24, 2.45) is 0 Å². The van der Waals surface area contributed by atoms with Crippen LogP contribution in [0.15, 0.2) is 30.5 Å². The molecule has 0 bridgehead atoms. The van der Waals surface area contributed by atoms with Gasteiger partial charge in [0, 0.05) is 35.8 Å². The minimum absolute atomic E-state index is 0.0125. The van der Waals surface area contributed by atoms with Gasteiger partial charge < -0.3 is 14.4 Å². The maximum Gasteiger partial charge on any atom is 0.270 e. The summed E-state index contributed by atoms with van der Waals surface area (Å²) in [7, 11) is 0. The van der Waals surface area contributed by atoms with Crippen LogP contribution in [0.2, 0.25) is 0 Å². The average Bonchev–Trinajstić information content (AvgIpc) is 2.77. The monoisotopic (exact) mass is 250 g/mol. The molecule has 0 unspecified atom stereocenters. The summed E-state index contributed by atoms with van der Waals surface area (Å²) < 4.78 is 7.16. The number of nitro groups is 1. The number of hydrogen-bond acceptors (Lipinski definition) is 4. The van der Waals surface area contributed by atoms with Crippen LogP contribution in [0.4, 0.5) is 5.69 Å². The minimum atomic E-state index is -0.402. The zero-order chi connectivity index (χ0) is 13.0. The van der Waals surface area contributed by atoms with E-state index in [2.05, 4.69) is 0 Å². The topological polar surface area (TPSA) is 77.5 Å². The predicted molar refractivity (Wildman–Crippen MR) is 66.5 cm³/mol. The number of fused-ring (bicyclic) bond motifs is 1. The van der Waals surface area contributed by atoms with Crippen LogP contribution in [0.3, 0.4) is 0 Å². The Bertz CT molecular complexity index is 550. The molecule has 18 heavy (non-hydrogen) atoms. The van der Waals surface area contributed by atoms with E-state index in [1.54, 1.807) is 12.1 Å². The zero-order valence-corrected chi connectivity index (χ0v) is 9.78. The molecule has 0 amide bonds. The van der Waals surface area contributed by atoms with Crippen LogP contribution in [0.5, 0.6) is 0 Å². The normalized spacial score (nSPS) is 10.9. The summed E-state index contributed by atoms with van der Waals surface area (Å²) in [6, 6.07) is 6.63. The molecule has 2 aromatic rings. The SMILES string of the molecule is O=[N+]([O-])c1ccc2c(ccn2CCOCCO)c1. The summed E-state index contributed by atoms with van der Waals surface area (Å²) in [6.07, 6.45) is 1.87. The largest absolute Gasteiger partial charge is 0.394 e. The molecule has 0 aliphatic heterocycles. The van der Waals surface area contributed by atoms with Crippen LogP contribution >= 0.6 is 0 Å². The van der Waals surface area contributed by atoms with Gasteiger partial charge in [0.1, 0.15) is 0 Å². The summed E-state index contributed by atoms with van der Waals surface area (Å²) >= 11 is 0. The quantitative estimate of drug-likeness (QED) is 0.479. The smallest absolute Gasteiger partial charge is 0.270 e. The number of rotatable bonds is 6. The lowest BCUT2D eigenvalue weighted by Gasteiger charge is -2.05. The van der Waals surface area contributed by atoms with Gasteiger partial charge in [-0.1, -0.05) is 0 Å². The Kier molecular flexibility index (Phi) is 3.91. The van der Waals surface area contributed by atoms with E-state index in [0.717, 1.165) is 10.9 Å². The predicted octanol–water partition coefficient (Wildman–Crippen LogP) is 1.56. The van der Waals surface area contributed by atoms with Crippen molar-refractivity contribution in [3.63, 3.8) is 0 Å². The molecule has 0 fully saturated rings. The highest BCUT2D eigenvalue weighted by Crippen LogP contribution is 2.21. The maximum absolute atomic E-state index is 10.7. The lowest BCUT2D eigenvalue weighted by Crippen LogP contribution is -2.07. The Labute approximate surface area is 104 Å². The Morgan fingerprint density at radius 2 is 2.17 bits per heavy atom. The molecule has 6 nitrogen and oxygen atoms in total. The summed E-state index contributed by atoms with van der Waals surface area (Å²) in [5, 5.41) is 20.1. The molecule has 96 valence electrons. The summed E-state index contributed by atoms with van der Waals surface area (Å²) in [5.74, 6) is 0. The third-order valence-electron chi connectivity index (χ3n) is 2.68. The standard InChI is InChI=1S/C12H14N2O4/c15-6-8-18-7-5-13-4-3-10-9-11(14(16)17)1-2-12(10)13/h1-4,9,15H,5-8H2. The summed E-state index contributed by atoms with van der Waals surface area (Å²) in [4.78, 5) is 10.2. The van der Waals surface area contributed by atoms with E-state index in [1.165, 1.54) is 6.07 Å². The molecule has 2 rings (SSSR count). The van der Waals surface area contributed by atoms with Crippen molar-refractivity contribution >= 4 is 16.6 Å². The van der Waals surface area contributed by atoms with Crippen molar-refractivity contribution in [3.8, 4) is 0 Å². The van der Waals surface area contributed by atoms with Gasteiger partial charge in [0.25, 0.3) is 5.69 Å². The first kappa shape index (κ1) is 12.5. The van der Waals surface area contributed by atoms with Gasteiger partial charge >= 0.3 is 0 Å². The molecule has 1 aromatic carbocycles. The van der Waals surface area contributed by atoms with Gasteiger partial charge in [-0.2, -0.15) is 0 Å². The molecular weight excluding hydrogens is 236 g/mol. The molecule has 1 heterocycles. The molecule has 0 radical (unpaired) electrons. The van der Waals surface area contributed by atoms with Crippen LogP contribution < -0.4 is 0 Å². The minimum Gasteiger partial charge on any atom is -0.394 e. The summed E-state index contributed by atoms with van der Waals surface area (Å²) in [5.41, 5.74) is 1.03. The van der Waals surface area contributed by atoms with Crippen molar-refractivity contribution < 1.29 is 14.8 Å². The van der Waals surface area contributed by atoms with E-state index in [1.807, 2.05) is 16.8 Å². The highest BCUT2D eigenvalue weighted by Gasteiger charge is 2.08. The second-order valence-electron chi connectivity index (χ2n) is 3.85. The number of aliphatic hydroxyl groups is 1. The zero-order valence-electron chi connectivity index (χ0n) is 9.78. The first-order valence-corrected chi connectivity index (χ1v) is 5.64. The molecule has 0 aliphatic rings. The molecular formula is C12H14N2O4. The van der Waals surface area contributed by atoms with Crippen LogP contribution in [0.25, 0.3) is 10.9 Å². The Morgan fingerprint density at radius 1 is 1.33 bits per heavy atom. The van der Waals surface area contributed by atoms with Gasteiger partial charge in [-0.25, -0.2) is 0 Å². The van der Waals surface area contributed by atoms with Crippen LogP contribution in [-0.4, -0.2) is 34.4 Å². The third-order valence-corrected chi connectivity index (χ3v) is 2.68. The molecule has 1 N–H and O–H groups in total. The molecule has 0 saturated heterocycles. The van der Waals surface area contributed by atoms with Gasteiger partial charge in [0.05, 0.1) is 24.7 Å². The van der Waals surface area contributed by atoms with Crippen molar-refractivity contribution in [1.82, 2.24) is 4.57 Å². The van der Waals surface area contributed by atoms with Gasteiger partial charge in [-0.3, -0.25) is 10.1 Å². The molecule has 0 atom stereocenters. The lowest BCUT2D eigenvalue weighted by molar-refractivity contribution is -0.384. The van der Waals surface area contributed by atoms with Crippen molar-refractivity contribution in [1.29, 1.82) is 0 Å². The van der Waals surface area contributed by atoms with Gasteiger partial charge in [0.15, 0.2) is 0 Å².